The fraction of sp³-hybridized carbons (Fsp3) is 0.353. The predicted molar refractivity (Wildman–Crippen MR) is 115 cm³/mol. The van der Waals surface area contributed by atoms with Crippen LogP contribution in [0.4, 0.5) is 11.5 Å². The Bertz CT molecular complexity index is 1160. The third-order valence-corrected chi connectivity index (χ3v) is 6.80. The van der Waals surface area contributed by atoms with E-state index in [1.54, 1.807) is 19.3 Å². The largest absolute Gasteiger partial charge is 0.366 e. The van der Waals surface area contributed by atoms with Gasteiger partial charge in [-0.15, -0.1) is 0 Å². The number of anilines is 2. The molecule has 3 aromatic heterocycles. The molecule has 13 nitrogen and oxygen atoms in total. The lowest BCUT2D eigenvalue weighted by atomic mass is 10.1. The second kappa shape index (κ2) is 7.81. The summed E-state index contributed by atoms with van der Waals surface area (Å²) in [5.74, 6) is -0.422. The van der Waals surface area contributed by atoms with Crippen molar-refractivity contribution in [3.05, 3.63) is 35.9 Å². The highest BCUT2D eigenvalue weighted by atomic mass is 32.3. The maximum Gasteiger partial charge on any atom is 0.271 e. The van der Waals surface area contributed by atoms with Crippen LogP contribution in [0.1, 0.15) is 27.3 Å². The molecule has 0 aliphatic carbocycles. The highest BCUT2D eigenvalue weighted by molar-refractivity contribution is 8.24. The number of hydrogen-bond donors (Lipinski definition) is 6. The minimum absolute atomic E-state index is 0.0557. The van der Waals surface area contributed by atoms with Crippen LogP contribution < -0.4 is 22.1 Å². The maximum atomic E-state index is 12.8. The number of nitrogens with two attached hydrogens (primary N) is 2. The molecule has 3 aromatic rings. The van der Waals surface area contributed by atoms with E-state index in [4.69, 9.17) is 11.5 Å². The highest BCUT2D eigenvalue weighted by Crippen LogP contribution is 2.43. The average molecular weight is 449 g/mol. The molecule has 0 aromatic carbocycles. The molecule has 1 saturated heterocycles. The Morgan fingerprint density at radius 2 is 2.13 bits per heavy atom. The fourth-order valence-corrected chi connectivity index (χ4v) is 5.11. The number of rotatable bonds is 5. The van der Waals surface area contributed by atoms with Gasteiger partial charge in [-0.05, 0) is 12.5 Å². The Kier molecular flexibility index (Phi) is 5.30. The smallest absolute Gasteiger partial charge is 0.271 e. The van der Waals surface area contributed by atoms with Crippen LogP contribution in [0, 0.1) is 0 Å². The van der Waals surface area contributed by atoms with Crippen LogP contribution in [0.3, 0.4) is 0 Å². The van der Waals surface area contributed by atoms with E-state index in [1.165, 1.54) is 21.6 Å². The van der Waals surface area contributed by atoms with Crippen LogP contribution in [0.25, 0.3) is 5.65 Å². The van der Waals surface area contributed by atoms with Gasteiger partial charge in [-0.3, -0.25) is 23.4 Å². The molecule has 4 rings (SSSR count). The third kappa shape index (κ3) is 4.32. The molecule has 4 heterocycles. The van der Waals surface area contributed by atoms with Crippen LogP contribution in [-0.2, 0) is 7.05 Å². The van der Waals surface area contributed by atoms with Crippen molar-refractivity contribution in [2.24, 2.45) is 18.5 Å². The summed E-state index contributed by atoms with van der Waals surface area (Å²) in [6.07, 6.45) is 4.96. The number of aryl methyl sites for hydroxylation is 1. The number of nitrogens with zero attached hydrogens (tertiary/aromatic N) is 5. The minimum Gasteiger partial charge on any atom is -0.366 e. The Labute approximate surface area is 178 Å². The molecule has 8 N–H and O–H groups in total. The van der Waals surface area contributed by atoms with Gasteiger partial charge in [0.25, 0.3) is 11.8 Å². The molecule has 1 fully saturated rings. The van der Waals surface area contributed by atoms with Gasteiger partial charge in [0.05, 0.1) is 17.6 Å². The minimum atomic E-state index is -2.63. The summed E-state index contributed by atoms with van der Waals surface area (Å²) >= 11 is 0. The number of amides is 2. The van der Waals surface area contributed by atoms with E-state index in [0.29, 0.717) is 17.9 Å². The highest BCUT2D eigenvalue weighted by Gasteiger charge is 2.31. The second-order valence-electron chi connectivity index (χ2n) is 7.40. The molecule has 0 spiro atoms. The Morgan fingerprint density at radius 3 is 2.84 bits per heavy atom. The van der Waals surface area contributed by atoms with Gasteiger partial charge in [0.2, 0.25) is 0 Å². The Hall–Kier alpha value is -3.20. The zero-order valence-electron chi connectivity index (χ0n) is 16.6. The number of carbonyl (C=O) groups is 2. The normalized spacial score (nSPS) is 21.5. The fourth-order valence-electron chi connectivity index (χ4n) is 3.47. The lowest BCUT2D eigenvalue weighted by molar-refractivity contribution is 0.0995. The number of nitrogens with one attached hydrogen (secondary N) is 2. The number of hydrogen-bond acceptors (Lipinski definition) is 9. The molecule has 14 heteroatoms. The topological polar surface area (TPSA) is 199 Å². The van der Waals surface area contributed by atoms with Gasteiger partial charge in [-0.2, -0.15) is 20.8 Å². The molecule has 0 saturated carbocycles. The standard InChI is InChI=1S/C17H23N9O4S/c1-25-7-12(14(24-25)15(19)27)22-17(28)9-6-20-26-4-2-13(23-16(9)26)21-11-3-5-31(29,30)8-10(11)18/h2,4,6-7,10-11,29-30H,3,5,8,18H2,1H3,(H2,19,27)(H,21,23)(H,22,28)/t10-,11+/m1/s1. The van der Waals surface area contributed by atoms with Crippen LogP contribution in [0.2, 0.25) is 0 Å². The van der Waals surface area contributed by atoms with Crippen molar-refractivity contribution in [3.8, 4) is 0 Å². The lowest BCUT2D eigenvalue weighted by Crippen LogP contribution is -2.48. The van der Waals surface area contributed by atoms with Crippen LogP contribution in [-0.4, -0.2) is 68.9 Å². The Balaban J connectivity index is 1.56. The molecular weight excluding hydrogens is 426 g/mol. The van der Waals surface area contributed by atoms with Crippen molar-refractivity contribution < 1.29 is 18.7 Å². The third-order valence-electron chi connectivity index (χ3n) is 4.99. The van der Waals surface area contributed by atoms with Crippen molar-refractivity contribution in [1.29, 1.82) is 0 Å². The molecule has 0 unspecified atom stereocenters. The summed E-state index contributed by atoms with van der Waals surface area (Å²) in [4.78, 5) is 28.8. The van der Waals surface area contributed by atoms with Crippen molar-refractivity contribution in [3.63, 3.8) is 0 Å². The molecule has 2 amide bonds. The van der Waals surface area contributed by atoms with Gasteiger partial charge in [0.15, 0.2) is 11.3 Å². The second-order valence-corrected chi connectivity index (χ2v) is 9.74. The van der Waals surface area contributed by atoms with E-state index in [1.807, 2.05) is 0 Å². The van der Waals surface area contributed by atoms with Crippen molar-refractivity contribution in [1.82, 2.24) is 24.4 Å². The van der Waals surface area contributed by atoms with Crippen molar-refractivity contribution >= 4 is 39.6 Å². The van der Waals surface area contributed by atoms with E-state index in [9.17, 15) is 18.7 Å². The van der Waals surface area contributed by atoms with Crippen molar-refractivity contribution in [2.75, 3.05) is 22.1 Å². The summed E-state index contributed by atoms with van der Waals surface area (Å²) in [6.45, 7) is 0. The van der Waals surface area contributed by atoms with Gasteiger partial charge >= 0.3 is 0 Å². The quantitative estimate of drug-likeness (QED) is 0.312. The number of fused-ring (bicyclic) bond motifs is 1. The van der Waals surface area contributed by atoms with Gasteiger partial charge in [-0.25, -0.2) is 9.50 Å². The van der Waals surface area contributed by atoms with Gasteiger partial charge in [0, 0.05) is 37.3 Å². The van der Waals surface area contributed by atoms with Gasteiger partial charge < -0.3 is 22.1 Å². The molecule has 31 heavy (non-hydrogen) atoms. The maximum absolute atomic E-state index is 12.8. The Morgan fingerprint density at radius 1 is 1.35 bits per heavy atom. The van der Waals surface area contributed by atoms with E-state index in [-0.39, 0.29) is 34.5 Å². The van der Waals surface area contributed by atoms with E-state index in [0.717, 1.165) is 0 Å². The van der Waals surface area contributed by atoms with Crippen LogP contribution in [0.15, 0.2) is 24.7 Å². The molecule has 1 aliphatic heterocycles. The lowest BCUT2D eigenvalue weighted by Gasteiger charge is -2.43. The number of primary amides is 1. The van der Waals surface area contributed by atoms with Crippen LogP contribution >= 0.6 is 10.6 Å². The molecule has 166 valence electrons. The monoisotopic (exact) mass is 449 g/mol. The van der Waals surface area contributed by atoms with Crippen LogP contribution in [0.5, 0.6) is 0 Å². The van der Waals surface area contributed by atoms with Gasteiger partial charge in [0.1, 0.15) is 11.4 Å². The molecule has 2 atom stereocenters. The zero-order chi connectivity index (χ0) is 22.3. The first kappa shape index (κ1) is 21.0. The van der Waals surface area contributed by atoms with E-state index >= 15 is 0 Å². The molecule has 1 aliphatic rings. The summed E-state index contributed by atoms with van der Waals surface area (Å²) in [5, 5.41) is 13.9. The van der Waals surface area contributed by atoms with E-state index < -0.39 is 28.4 Å². The summed E-state index contributed by atoms with van der Waals surface area (Å²) in [6, 6.07) is 1.05. The summed E-state index contributed by atoms with van der Waals surface area (Å²) in [5.41, 5.74) is 12.0. The van der Waals surface area contributed by atoms with Crippen molar-refractivity contribution in [2.45, 2.75) is 18.5 Å². The molecular formula is C17H23N9O4S. The first-order chi connectivity index (χ1) is 14.6. The number of carbonyl (C=O) groups excluding carboxylic acids is 2. The first-order valence-electron chi connectivity index (χ1n) is 9.38. The average Bonchev–Trinajstić information content (AvgIpc) is 3.26. The summed E-state index contributed by atoms with van der Waals surface area (Å²) in [7, 11) is -1.03. The predicted octanol–water partition coefficient (Wildman–Crippen LogP) is 0.0761. The molecule has 0 bridgehead atoms. The molecule has 0 radical (unpaired) electrons. The first-order valence-corrected chi connectivity index (χ1v) is 11.3. The SMILES string of the molecule is Cn1cc(NC(=O)c2cnn3ccc(N[C@H]4CCS(O)(O)C[C@H]4N)nc23)c(C(N)=O)n1. The summed E-state index contributed by atoms with van der Waals surface area (Å²) < 4.78 is 22.5. The number of aromatic nitrogens is 5. The zero-order valence-corrected chi connectivity index (χ0v) is 17.4. The van der Waals surface area contributed by atoms with E-state index in [2.05, 4.69) is 25.8 Å². The van der Waals surface area contributed by atoms with Gasteiger partial charge in [-0.1, -0.05) is 0 Å².